The Morgan fingerprint density at radius 3 is 2.90 bits per heavy atom. The second-order valence-corrected chi connectivity index (χ2v) is 6.56. The van der Waals surface area contributed by atoms with Crippen LogP contribution in [0.15, 0.2) is 45.4 Å². The molecule has 2 heterocycles. The first kappa shape index (κ1) is 13.1. The summed E-state index contributed by atoms with van der Waals surface area (Å²) in [5.74, 6) is 0.420. The summed E-state index contributed by atoms with van der Waals surface area (Å²) in [7, 11) is -3.74. The molecule has 3 rings (SSSR count). The van der Waals surface area contributed by atoms with Gasteiger partial charge in [-0.2, -0.15) is 8.42 Å². The summed E-state index contributed by atoms with van der Waals surface area (Å²) in [4.78, 5) is 4.14. The lowest BCUT2D eigenvalue weighted by molar-refractivity contribution is 0.417. The van der Waals surface area contributed by atoms with Crippen molar-refractivity contribution >= 4 is 37.3 Å². The molecule has 2 aromatic heterocycles. The van der Waals surface area contributed by atoms with E-state index in [2.05, 4.69) is 9.71 Å². The molecule has 104 valence electrons. The maximum Gasteiger partial charge on any atom is 0.295 e. The molecule has 0 aliphatic heterocycles. The third-order valence-corrected chi connectivity index (χ3v) is 4.73. The Labute approximate surface area is 119 Å². The van der Waals surface area contributed by atoms with Crippen LogP contribution in [0.3, 0.4) is 0 Å². The first-order valence-corrected chi connectivity index (χ1v) is 8.09. The predicted molar refractivity (Wildman–Crippen MR) is 77.0 cm³/mol. The zero-order chi connectivity index (χ0) is 14.2. The molecule has 20 heavy (non-hydrogen) atoms. The number of hydrogen-bond acceptors (Lipinski definition) is 6. The second kappa shape index (κ2) is 4.89. The van der Waals surface area contributed by atoms with E-state index in [4.69, 9.17) is 10.2 Å². The number of thiazole rings is 1. The van der Waals surface area contributed by atoms with E-state index < -0.39 is 10.0 Å². The number of furan rings is 1. The number of nitrogens with zero attached hydrogens (tertiary/aromatic N) is 1. The predicted octanol–water partition coefficient (Wildman–Crippen LogP) is 2.15. The zero-order valence-corrected chi connectivity index (χ0v) is 11.9. The average Bonchev–Trinajstić information content (AvgIpc) is 3.06. The summed E-state index contributed by atoms with van der Waals surface area (Å²) in [6, 6.07) is 8.08. The Bertz CT molecular complexity index is 852. The largest absolute Gasteiger partial charge is 0.446 e. The van der Waals surface area contributed by atoms with Crippen LogP contribution in [-0.4, -0.2) is 13.4 Å². The van der Waals surface area contributed by atoms with Crippen molar-refractivity contribution in [3.8, 4) is 0 Å². The van der Waals surface area contributed by atoms with Gasteiger partial charge in [-0.05, 0) is 30.3 Å². The minimum atomic E-state index is -3.74. The molecule has 3 N–H and O–H groups in total. The molecule has 0 aliphatic rings. The normalized spacial score (nSPS) is 11.8. The standard InChI is InChI=1S/C12H11N3O3S2/c13-6-9-2-4-12(18-9)20(16,17)15-8-1-3-10-11(5-8)19-7-14-10/h1-5,7,15H,6,13H2. The number of aromatic nitrogens is 1. The van der Waals surface area contributed by atoms with Crippen LogP contribution in [0.2, 0.25) is 0 Å². The van der Waals surface area contributed by atoms with Gasteiger partial charge in [0.15, 0.2) is 0 Å². The van der Waals surface area contributed by atoms with Crippen LogP contribution < -0.4 is 10.5 Å². The lowest BCUT2D eigenvalue weighted by Gasteiger charge is -2.05. The molecule has 0 saturated heterocycles. The summed E-state index contributed by atoms with van der Waals surface area (Å²) in [5, 5.41) is -0.151. The molecule has 0 aliphatic carbocycles. The van der Waals surface area contributed by atoms with Crippen molar-refractivity contribution in [1.82, 2.24) is 4.98 Å². The van der Waals surface area contributed by atoms with E-state index in [1.54, 1.807) is 29.8 Å². The van der Waals surface area contributed by atoms with Gasteiger partial charge in [0, 0.05) is 0 Å². The molecule has 0 radical (unpaired) electrons. The van der Waals surface area contributed by atoms with Crippen LogP contribution in [0.1, 0.15) is 5.76 Å². The van der Waals surface area contributed by atoms with E-state index in [0.717, 1.165) is 10.2 Å². The molecule has 0 amide bonds. The maximum atomic E-state index is 12.1. The molecule has 0 saturated carbocycles. The summed E-state index contributed by atoms with van der Waals surface area (Å²) in [6.07, 6.45) is 0. The number of nitrogens with one attached hydrogen (secondary N) is 1. The van der Waals surface area contributed by atoms with Gasteiger partial charge in [0.05, 0.1) is 28.0 Å². The Kier molecular flexibility index (Phi) is 3.20. The molecular formula is C12H11N3O3S2. The molecule has 0 unspecified atom stereocenters. The number of hydrogen-bond donors (Lipinski definition) is 2. The average molecular weight is 309 g/mol. The molecule has 0 atom stereocenters. The van der Waals surface area contributed by atoms with Crippen molar-refractivity contribution < 1.29 is 12.8 Å². The quantitative estimate of drug-likeness (QED) is 0.769. The van der Waals surface area contributed by atoms with Gasteiger partial charge >= 0.3 is 0 Å². The van der Waals surface area contributed by atoms with Crippen LogP contribution in [0.4, 0.5) is 5.69 Å². The third kappa shape index (κ3) is 2.40. The summed E-state index contributed by atoms with van der Waals surface area (Å²) in [5.41, 5.74) is 8.41. The number of anilines is 1. The van der Waals surface area contributed by atoms with Gasteiger partial charge in [0.2, 0.25) is 5.09 Å². The van der Waals surface area contributed by atoms with Gasteiger partial charge in [-0.3, -0.25) is 4.72 Å². The van der Waals surface area contributed by atoms with Crippen LogP contribution in [0, 0.1) is 0 Å². The molecule has 0 bridgehead atoms. The van der Waals surface area contributed by atoms with Gasteiger partial charge in [0.25, 0.3) is 10.0 Å². The van der Waals surface area contributed by atoms with Gasteiger partial charge in [-0.1, -0.05) is 0 Å². The van der Waals surface area contributed by atoms with E-state index in [9.17, 15) is 8.42 Å². The number of sulfonamides is 1. The molecule has 8 heteroatoms. The number of nitrogens with two attached hydrogens (primary N) is 1. The van der Waals surface area contributed by atoms with Crippen molar-refractivity contribution in [3.63, 3.8) is 0 Å². The Morgan fingerprint density at radius 2 is 2.15 bits per heavy atom. The lowest BCUT2D eigenvalue weighted by Crippen LogP contribution is -2.12. The first-order chi connectivity index (χ1) is 9.58. The Morgan fingerprint density at radius 1 is 1.30 bits per heavy atom. The first-order valence-electron chi connectivity index (χ1n) is 5.73. The van der Waals surface area contributed by atoms with Crippen molar-refractivity contribution in [3.05, 3.63) is 41.6 Å². The second-order valence-electron chi connectivity index (χ2n) is 4.07. The fourth-order valence-corrected chi connectivity index (χ4v) is 3.45. The fourth-order valence-electron chi connectivity index (χ4n) is 1.74. The molecule has 0 fully saturated rings. The highest BCUT2D eigenvalue weighted by Gasteiger charge is 2.18. The minimum Gasteiger partial charge on any atom is -0.446 e. The van der Waals surface area contributed by atoms with Gasteiger partial charge in [0.1, 0.15) is 5.76 Å². The summed E-state index contributed by atoms with van der Waals surface area (Å²) in [6.45, 7) is 0.155. The van der Waals surface area contributed by atoms with E-state index >= 15 is 0 Å². The highest BCUT2D eigenvalue weighted by molar-refractivity contribution is 7.92. The van der Waals surface area contributed by atoms with Gasteiger partial charge in [-0.15, -0.1) is 11.3 Å². The van der Waals surface area contributed by atoms with Crippen LogP contribution in [0.5, 0.6) is 0 Å². The summed E-state index contributed by atoms with van der Waals surface area (Å²) < 4.78 is 32.8. The Hall–Kier alpha value is -1.90. The van der Waals surface area contributed by atoms with Gasteiger partial charge < -0.3 is 10.2 Å². The van der Waals surface area contributed by atoms with Crippen LogP contribution in [0.25, 0.3) is 10.2 Å². The molecular weight excluding hydrogens is 298 g/mol. The number of fused-ring (bicyclic) bond motifs is 1. The van der Waals surface area contributed by atoms with E-state index in [1.165, 1.54) is 17.4 Å². The molecule has 3 aromatic rings. The van der Waals surface area contributed by atoms with Crippen molar-refractivity contribution in [1.29, 1.82) is 0 Å². The highest BCUT2D eigenvalue weighted by Crippen LogP contribution is 2.24. The van der Waals surface area contributed by atoms with Gasteiger partial charge in [-0.25, -0.2) is 4.98 Å². The number of benzene rings is 1. The topological polar surface area (TPSA) is 98.2 Å². The maximum absolute atomic E-state index is 12.1. The minimum absolute atomic E-state index is 0.151. The monoisotopic (exact) mass is 309 g/mol. The fraction of sp³-hybridized carbons (Fsp3) is 0.0833. The van der Waals surface area contributed by atoms with Crippen LogP contribution >= 0.6 is 11.3 Å². The zero-order valence-electron chi connectivity index (χ0n) is 10.2. The van der Waals surface area contributed by atoms with E-state index in [1.807, 2.05) is 0 Å². The van der Waals surface area contributed by atoms with E-state index in [-0.39, 0.29) is 11.6 Å². The highest BCUT2D eigenvalue weighted by atomic mass is 32.2. The van der Waals surface area contributed by atoms with Crippen molar-refractivity contribution in [2.24, 2.45) is 5.73 Å². The molecule has 1 aromatic carbocycles. The third-order valence-electron chi connectivity index (χ3n) is 2.69. The molecule has 0 spiro atoms. The van der Waals surface area contributed by atoms with Crippen molar-refractivity contribution in [2.75, 3.05) is 4.72 Å². The molecule has 6 nitrogen and oxygen atoms in total. The summed E-state index contributed by atoms with van der Waals surface area (Å²) >= 11 is 1.45. The number of rotatable bonds is 4. The Balaban J connectivity index is 1.92. The SMILES string of the molecule is NCc1ccc(S(=O)(=O)Nc2ccc3ncsc3c2)o1. The smallest absolute Gasteiger partial charge is 0.295 e. The van der Waals surface area contributed by atoms with E-state index in [0.29, 0.717) is 11.4 Å². The van der Waals surface area contributed by atoms with Crippen molar-refractivity contribution in [2.45, 2.75) is 11.6 Å². The van der Waals surface area contributed by atoms with Crippen LogP contribution in [-0.2, 0) is 16.6 Å². The lowest BCUT2D eigenvalue weighted by atomic mass is 10.3.